The number of aliphatic hydroxyl groups excluding tert-OH is 1. The van der Waals surface area contributed by atoms with E-state index in [9.17, 15) is 24.8 Å². The maximum absolute atomic E-state index is 12.1. The summed E-state index contributed by atoms with van der Waals surface area (Å²) >= 11 is 0.686. The van der Waals surface area contributed by atoms with Crippen molar-refractivity contribution in [3.63, 3.8) is 0 Å². The molecule has 2 rings (SSSR count). The van der Waals surface area contributed by atoms with Gasteiger partial charge in [-0.05, 0) is 6.07 Å². The second kappa shape index (κ2) is 4.94. The zero-order chi connectivity index (χ0) is 14.2. The average Bonchev–Trinajstić information content (AvgIpc) is 2.94. The zero-order valence-electron chi connectivity index (χ0n) is 9.55. The van der Waals surface area contributed by atoms with Crippen LogP contribution in [0.25, 0.3) is 0 Å². The lowest BCUT2D eigenvalue weighted by Gasteiger charge is -2.19. The van der Waals surface area contributed by atoms with E-state index in [1.54, 1.807) is 0 Å². The standard InChI is InChI=1S/C10H10N2O6S/c13-5-3-6(10(15)16)11(4-5)9(14)7-1-2-8(19-7)12(17)18/h1-2,5-6,13H,3-4H2,(H,15,16)/t5-,6-/m0/s1. The first kappa shape index (κ1) is 13.4. The van der Waals surface area contributed by atoms with Gasteiger partial charge in [-0.1, -0.05) is 11.3 Å². The maximum Gasteiger partial charge on any atom is 0.326 e. The third-order valence-corrected chi connectivity index (χ3v) is 3.83. The van der Waals surface area contributed by atoms with Gasteiger partial charge in [0.05, 0.1) is 15.9 Å². The van der Waals surface area contributed by atoms with E-state index in [-0.39, 0.29) is 22.8 Å². The molecule has 1 saturated heterocycles. The van der Waals surface area contributed by atoms with Gasteiger partial charge in [-0.25, -0.2) is 4.79 Å². The van der Waals surface area contributed by atoms with Crippen LogP contribution < -0.4 is 0 Å². The van der Waals surface area contributed by atoms with Crippen molar-refractivity contribution in [3.8, 4) is 0 Å². The van der Waals surface area contributed by atoms with Gasteiger partial charge in [0.1, 0.15) is 6.04 Å². The van der Waals surface area contributed by atoms with E-state index in [0.717, 1.165) is 4.90 Å². The third kappa shape index (κ3) is 2.56. The number of aliphatic carboxylic acids is 1. The van der Waals surface area contributed by atoms with Gasteiger partial charge in [0.25, 0.3) is 5.91 Å². The minimum atomic E-state index is -1.20. The molecule has 0 radical (unpaired) electrons. The molecule has 0 bridgehead atoms. The van der Waals surface area contributed by atoms with Crippen molar-refractivity contribution in [2.45, 2.75) is 18.6 Å². The molecule has 0 spiro atoms. The van der Waals surface area contributed by atoms with Crippen molar-refractivity contribution in [3.05, 3.63) is 27.1 Å². The maximum atomic E-state index is 12.1. The highest BCUT2D eigenvalue weighted by molar-refractivity contribution is 7.17. The van der Waals surface area contributed by atoms with Crippen LogP contribution in [0, 0.1) is 10.1 Å². The van der Waals surface area contributed by atoms with Gasteiger partial charge < -0.3 is 15.1 Å². The van der Waals surface area contributed by atoms with Crippen molar-refractivity contribution < 1.29 is 24.7 Å². The summed E-state index contributed by atoms with van der Waals surface area (Å²) in [6.45, 7) is -0.0818. The average molecular weight is 286 g/mol. The first-order valence-corrected chi connectivity index (χ1v) is 6.18. The van der Waals surface area contributed by atoms with Gasteiger partial charge in [-0.15, -0.1) is 0 Å². The number of hydrogen-bond donors (Lipinski definition) is 2. The lowest BCUT2D eigenvalue weighted by atomic mass is 10.2. The number of likely N-dealkylation sites (tertiary alicyclic amines) is 1. The molecule has 0 aliphatic carbocycles. The Kier molecular flexibility index (Phi) is 3.49. The van der Waals surface area contributed by atoms with Crippen molar-refractivity contribution in [1.82, 2.24) is 4.90 Å². The van der Waals surface area contributed by atoms with Crippen molar-refractivity contribution in [2.75, 3.05) is 6.54 Å². The molecule has 1 aromatic rings. The Morgan fingerprint density at radius 2 is 2.16 bits per heavy atom. The molecule has 1 aliphatic heterocycles. The van der Waals surface area contributed by atoms with Crippen molar-refractivity contribution in [1.29, 1.82) is 0 Å². The van der Waals surface area contributed by atoms with E-state index in [2.05, 4.69) is 0 Å². The van der Waals surface area contributed by atoms with Gasteiger partial charge in [0.2, 0.25) is 0 Å². The molecule has 8 nitrogen and oxygen atoms in total. The highest BCUT2D eigenvalue weighted by Crippen LogP contribution is 2.28. The second-order valence-corrected chi connectivity index (χ2v) is 5.16. The largest absolute Gasteiger partial charge is 0.480 e. The Labute approximate surface area is 111 Å². The van der Waals surface area contributed by atoms with Crippen LogP contribution in [0.3, 0.4) is 0 Å². The van der Waals surface area contributed by atoms with E-state index in [0.29, 0.717) is 11.3 Å². The number of carbonyl (C=O) groups is 2. The summed E-state index contributed by atoms with van der Waals surface area (Å²) in [7, 11) is 0. The summed E-state index contributed by atoms with van der Waals surface area (Å²) < 4.78 is 0. The van der Waals surface area contributed by atoms with Gasteiger partial charge in [0, 0.05) is 19.0 Å². The smallest absolute Gasteiger partial charge is 0.326 e. The van der Waals surface area contributed by atoms with Crippen LogP contribution in [0.2, 0.25) is 0 Å². The molecule has 1 fully saturated rings. The van der Waals surface area contributed by atoms with Crippen LogP contribution in [-0.2, 0) is 4.79 Å². The normalized spacial score (nSPS) is 22.5. The number of amides is 1. The fraction of sp³-hybridized carbons (Fsp3) is 0.400. The first-order chi connectivity index (χ1) is 8.90. The summed E-state index contributed by atoms with van der Waals surface area (Å²) in [4.78, 5) is 34.1. The van der Waals surface area contributed by atoms with Gasteiger partial charge in [0.15, 0.2) is 0 Å². The van der Waals surface area contributed by atoms with Crippen LogP contribution in [0.1, 0.15) is 16.1 Å². The molecule has 102 valence electrons. The highest BCUT2D eigenvalue weighted by atomic mass is 32.1. The minimum Gasteiger partial charge on any atom is -0.480 e. The number of nitrogens with zero attached hydrogens (tertiary/aromatic N) is 2. The van der Waals surface area contributed by atoms with Crippen LogP contribution in [0.4, 0.5) is 5.00 Å². The Morgan fingerprint density at radius 3 is 2.68 bits per heavy atom. The molecule has 1 amide bonds. The molecule has 19 heavy (non-hydrogen) atoms. The molecule has 2 N–H and O–H groups in total. The fourth-order valence-corrected chi connectivity index (χ4v) is 2.73. The number of carboxylic acids is 1. The van der Waals surface area contributed by atoms with Gasteiger partial charge >= 0.3 is 11.0 Å². The number of rotatable bonds is 3. The highest BCUT2D eigenvalue weighted by Gasteiger charge is 2.39. The van der Waals surface area contributed by atoms with Gasteiger partial charge in [-0.2, -0.15) is 0 Å². The third-order valence-electron chi connectivity index (χ3n) is 2.81. The minimum absolute atomic E-state index is 0.0332. The Balaban J connectivity index is 2.22. The van der Waals surface area contributed by atoms with E-state index in [4.69, 9.17) is 5.11 Å². The summed E-state index contributed by atoms with van der Waals surface area (Å²) in [5, 5.41) is 28.8. The van der Waals surface area contributed by atoms with Gasteiger partial charge in [-0.3, -0.25) is 14.9 Å². The van der Waals surface area contributed by atoms with Crippen molar-refractivity contribution >= 4 is 28.2 Å². The van der Waals surface area contributed by atoms with Crippen LogP contribution >= 0.6 is 11.3 Å². The summed E-state index contributed by atoms with van der Waals surface area (Å²) in [6, 6.07) is 1.39. The van der Waals surface area contributed by atoms with Crippen LogP contribution in [0.15, 0.2) is 12.1 Å². The summed E-state index contributed by atoms with van der Waals surface area (Å²) in [5.41, 5.74) is 0. The Hall–Kier alpha value is -2.00. The molecule has 0 saturated carbocycles. The van der Waals surface area contributed by atoms with Crippen LogP contribution in [-0.4, -0.2) is 50.6 Å². The monoisotopic (exact) mass is 286 g/mol. The molecule has 2 heterocycles. The molecule has 1 aromatic heterocycles. The van der Waals surface area contributed by atoms with E-state index in [1.807, 2.05) is 0 Å². The zero-order valence-corrected chi connectivity index (χ0v) is 10.4. The van der Waals surface area contributed by atoms with Crippen molar-refractivity contribution in [2.24, 2.45) is 0 Å². The molecule has 9 heteroatoms. The molecule has 2 atom stereocenters. The Bertz CT molecular complexity index is 542. The second-order valence-electron chi connectivity index (χ2n) is 4.10. The summed E-state index contributed by atoms with van der Waals surface area (Å²) in [6.07, 6.45) is -0.922. The fourth-order valence-electron chi connectivity index (χ4n) is 1.95. The number of carboxylic acid groups (broad SMARTS) is 1. The topological polar surface area (TPSA) is 121 Å². The SMILES string of the molecule is O=C(O)[C@@H]1C[C@H](O)CN1C(=O)c1ccc([N+](=O)[O-])s1. The lowest BCUT2D eigenvalue weighted by molar-refractivity contribution is -0.380. The van der Waals surface area contributed by atoms with Crippen LogP contribution in [0.5, 0.6) is 0 Å². The summed E-state index contributed by atoms with van der Waals surface area (Å²) in [5.74, 6) is -1.81. The van der Waals surface area contributed by atoms with E-state index in [1.165, 1.54) is 12.1 Å². The quantitative estimate of drug-likeness (QED) is 0.609. The Morgan fingerprint density at radius 1 is 1.47 bits per heavy atom. The number of hydrogen-bond acceptors (Lipinski definition) is 6. The number of β-amino-alcohol motifs (C(OH)–C–C–N with tert-alkyl or cyclic N) is 1. The number of aliphatic hydroxyl groups is 1. The molecule has 0 aromatic carbocycles. The first-order valence-electron chi connectivity index (χ1n) is 5.36. The molecular formula is C10H10N2O6S. The molecule has 1 aliphatic rings. The van der Waals surface area contributed by atoms with E-state index < -0.39 is 28.9 Å². The van der Waals surface area contributed by atoms with E-state index >= 15 is 0 Å². The number of nitro groups is 1. The molecule has 0 unspecified atom stereocenters. The number of carbonyl (C=O) groups excluding carboxylic acids is 1. The molecular weight excluding hydrogens is 276 g/mol. The number of thiophene rings is 1. The lowest BCUT2D eigenvalue weighted by Crippen LogP contribution is -2.40. The predicted molar refractivity (Wildman–Crippen MR) is 64.1 cm³/mol. The predicted octanol–water partition coefficient (Wildman–Crippen LogP) is 0.316.